The SMILES string of the molecule is CC1(C(=O)NC2CCCOCC2)CCC(=O)NC1. The zero-order valence-corrected chi connectivity index (χ0v) is 11.0. The molecule has 0 aromatic carbocycles. The van der Waals surface area contributed by atoms with Crippen LogP contribution >= 0.6 is 0 Å². The molecular formula is C13H22N2O3. The van der Waals surface area contributed by atoms with Gasteiger partial charge in [-0.1, -0.05) is 0 Å². The van der Waals surface area contributed by atoms with E-state index in [0.29, 0.717) is 19.4 Å². The Morgan fingerprint density at radius 2 is 2.28 bits per heavy atom. The van der Waals surface area contributed by atoms with Gasteiger partial charge in [0.15, 0.2) is 0 Å². The Labute approximate surface area is 108 Å². The van der Waals surface area contributed by atoms with Crippen molar-refractivity contribution < 1.29 is 14.3 Å². The second-order valence-corrected chi connectivity index (χ2v) is 5.55. The number of amides is 2. The molecule has 2 fully saturated rings. The van der Waals surface area contributed by atoms with Crippen molar-refractivity contribution in [3.05, 3.63) is 0 Å². The van der Waals surface area contributed by atoms with Gasteiger partial charge in [0.1, 0.15) is 0 Å². The van der Waals surface area contributed by atoms with Gasteiger partial charge in [0.25, 0.3) is 0 Å². The Balaban J connectivity index is 1.88. The van der Waals surface area contributed by atoms with Crippen LogP contribution in [0.1, 0.15) is 39.0 Å². The fraction of sp³-hybridized carbons (Fsp3) is 0.846. The lowest BCUT2D eigenvalue weighted by Gasteiger charge is -2.33. The number of rotatable bonds is 2. The minimum Gasteiger partial charge on any atom is -0.381 e. The maximum Gasteiger partial charge on any atom is 0.227 e. The number of hydrogen-bond acceptors (Lipinski definition) is 3. The summed E-state index contributed by atoms with van der Waals surface area (Å²) in [5, 5.41) is 5.89. The van der Waals surface area contributed by atoms with Crippen molar-refractivity contribution in [2.75, 3.05) is 19.8 Å². The van der Waals surface area contributed by atoms with Gasteiger partial charge >= 0.3 is 0 Å². The Morgan fingerprint density at radius 3 is 3.00 bits per heavy atom. The van der Waals surface area contributed by atoms with E-state index in [4.69, 9.17) is 4.74 Å². The highest BCUT2D eigenvalue weighted by molar-refractivity contribution is 5.86. The third kappa shape index (κ3) is 3.22. The highest BCUT2D eigenvalue weighted by atomic mass is 16.5. The second kappa shape index (κ2) is 5.69. The predicted octanol–water partition coefficient (Wildman–Crippen LogP) is 0.588. The van der Waals surface area contributed by atoms with Crippen molar-refractivity contribution in [2.45, 2.75) is 45.1 Å². The molecule has 2 N–H and O–H groups in total. The molecule has 2 unspecified atom stereocenters. The molecule has 0 aromatic heterocycles. The molecule has 0 aliphatic carbocycles. The average molecular weight is 254 g/mol. The van der Waals surface area contributed by atoms with E-state index in [9.17, 15) is 9.59 Å². The van der Waals surface area contributed by atoms with Crippen LogP contribution in [0.3, 0.4) is 0 Å². The summed E-state index contributed by atoms with van der Waals surface area (Å²) in [5.41, 5.74) is -0.457. The van der Waals surface area contributed by atoms with Gasteiger partial charge in [0.2, 0.25) is 11.8 Å². The van der Waals surface area contributed by atoms with Gasteiger partial charge in [-0.05, 0) is 32.6 Å². The van der Waals surface area contributed by atoms with Crippen LogP contribution in [0.2, 0.25) is 0 Å². The number of carbonyl (C=O) groups is 2. The van der Waals surface area contributed by atoms with Gasteiger partial charge in [0.05, 0.1) is 5.41 Å². The number of hydrogen-bond donors (Lipinski definition) is 2. The Hall–Kier alpha value is -1.10. The van der Waals surface area contributed by atoms with Gasteiger partial charge in [0, 0.05) is 32.2 Å². The highest BCUT2D eigenvalue weighted by Crippen LogP contribution is 2.26. The first-order valence-corrected chi connectivity index (χ1v) is 6.75. The Kier molecular flexibility index (Phi) is 4.22. The molecule has 2 aliphatic rings. The molecular weight excluding hydrogens is 232 g/mol. The first-order valence-electron chi connectivity index (χ1n) is 6.75. The topological polar surface area (TPSA) is 67.4 Å². The molecule has 2 heterocycles. The van der Waals surface area contributed by atoms with Crippen molar-refractivity contribution in [3.63, 3.8) is 0 Å². The molecule has 0 aromatic rings. The van der Waals surface area contributed by atoms with E-state index in [0.717, 1.165) is 32.5 Å². The van der Waals surface area contributed by atoms with Crippen LogP contribution in [0.25, 0.3) is 0 Å². The van der Waals surface area contributed by atoms with Crippen molar-refractivity contribution >= 4 is 11.8 Å². The lowest BCUT2D eigenvalue weighted by molar-refractivity contribution is -0.135. The first-order chi connectivity index (χ1) is 8.60. The van der Waals surface area contributed by atoms with E-state index in [1.807, 2.05) is 6.92 Å². The zero-order chi connectivity index (χ0) is 13.0. The highest BCUT2D eigenvalue weighted by Gasteiger charge is 2.37. The molecule has 0 bridgehead atoms. The summed E-state index contributed by atoms with van der Waals surface area (Å²) in [5.74, 6) is 0.109. The van der Waals surface area contributed by atoms with E-state index in [1.165, 1.54) is 0 Å². The van der Waals surface area contributed by atoms with Crippen molar-refractivity contribution in [3.8, 4) is 0 Å². The first kappa shape index (κ1) is 13.3. The van der Waals surface area contributed by atoms with E-state index in [-0.39, 0.29) is 17.9 Å². The summed E-state index contributed by atoms with van der Waals surface area (Å²) in [6.45, 7) is 3.88. The van der Waals surface area contributed by atoms with Gasteiger partial charge in [-0.2, -0.15) is 0 Å². The van der Waals surface area contributed by atoms with Crippen molar-refractivity contribution in [2.24, 2.45) is 5.41 Å². The minimum absolute atomic E-state index is 0.0446. The molecule has 2 atom stereocenters. The monoisotopic (exact) mass is 254 g/mol. The molecule has 2 amide bonds. The van der Waals surface area contributed by atoms with Crippen LogP contribution in [0.15, 0.2) is 0 Å². The third-order valence-corrected chi connectivity index (χ3v) is 3.91. The molecule has 18 heavy (non-hydrogen) atoms. The summed E-state index contributed by atoms with van der Waals surface area (Å²) in [6, 6.07) is 0.217. The van der Waals surface area contributed by atoms with Gasteiger partial charge in [-0.3, -0.25) is 9.59 Å². The quantitative estimate of drug-likeness (QED) is 0.758. The van der Waals surface area contributed by atoms with E-state index < -0.39 is 5.41 Å². The maximum atomic E-state index is 12.3. The summed E-state index contributed by atoms with van der Waals surface area (Å²) < 4.78 is 5.38. The standard InChI is InChI=1S/C13H22N2O3/c1-13(6-4-11(16)14-9-13)12(17)15-10-3-2-7-18-8-5-10/h10H,2-9H2,1H3,(H,14,16)(H,15,17). The van der Waals surface area contributed by atoms with E-state index in [1.54, 1.807) is 0 Å². The molecule has 2 saturated heterocycles. The van der Waals surface area contributed by atoms with Crippen LogP contribution < -0.4 is 10.6 Å². The number of ether oxygens (including phenoxy) is 1. The predicted molar refractivity (Wildman–Crippen MR) is 67.0 cm³/mol. The Morgan fingerprint density at radius 1 is 1.44 bits per heavy atom. The fourth-order valence-electron chi connectivity index (χ4n) is 2.46. The molecule has 0 radical (unpaired) electrons. The van der Waals surface area contributed by atoms with Crippen LogP contribution in [-0.4, -0.2) is 37.6 Å². The lowest BCUT2D eigenvalue weighted by atomic mass is 9.81. The largest absolute Gasteiger partial charge is 0.381 e. The van der Waals surface area contributed by atoms with Crippen molar-refractivity contribution in [1.82, 2.24) is 10.6 Å². The van der Waals surface area contributed by atoms with Crippen LogP contribution in [0.5, 0.6) is 0 Å². The van der Waals surface area contributed by atoms with E-state index in [2.05, 4.69) is 10.6 Å². The summed E-state index contributed by atoms with van der Waals surface area (Å²) in [6.07, 6.45) is 3.94. The zero-order valence-electron chi connectivity index (χ0n) is 11.0. The van der Waals surface area contributed by atoms with Crippen LogP contribution in [-0.2, 0) is 14.3 Å². The summed E-state index contributed by atoms with van der Waals surface area (Å²) in [4.78, 5) is 23.5. The second-order valence-electron chi connectivity index (χ2n) is 5.55. The molecule has 102 valence electrons. The van der Waals surface area contributed by atoms with Crippen molar-refractivity contribution in [1.29, 1.82) is 0 Å². The van der Waals surface area contributed by atoms with Crippen LogP contribution in [0.4, 0.5) is 0 Å². The summed E-state index contributed by atoms with van der Waals surface area (Å²) >= 11 is 0. The Bertz CT molecular complexity index is 312. The summed E-state index contributed by atoms with van der Waals surface area (Å²) in [7, 11) is 0. The minimum atomic E-state index is -0.457. The number of piperidine rings is 1. The van der Waals surface area contributed by atoms with Crippen LogP contribution in [0, 0.1) is 5.41 Å². The molecule has 5 nitrogen and oxygen atoms in total. The van der Waals surface area contributed by atoms with Gasteiger partial charge < -0.3 is 15.4 Å². The number of carbonyl (C=O) groups excluding carboxylic acids is 2. The average Bonchev–Trinajstić information content (AvgIpc) is 2.62. The molecule has 5 heteroatoms. The molecule has 2 rings (SSSR count). The maximum absolute atomic E-state index is 12.3. The van der Waals surface area contributed by atoms with E-state index >= 15 is 0 Å². The van der Waals surface area contributed by atoms with Gasteiger partial charge in [-0.15, -0.1) is 0 Å². The third-order valence-electron chi connectivity index (χ3n) is 3.91. The molecule has 0 spiro atoms. The molecule has 0 saturated carbocycles. The smallest absolute Gasteiger partial charge is 0.227 e. The number of nitrogens with one attached hydrogen (secondary N) is 2. The molecule has 2 aliphatic heterocycles. The normalized spacial score (nSPS) is 33.4. The van der Waals surface area contributed by atoms with Gasteiger partial charge in [-0.25, -0.2) is 0 Å². The lowest BCUT2D eigenvalue weighted by Crippen LogP contribution is -2.52. The fourth-order valence-corrected chi connectivity index (χ4v) is 2.46.